The molecule has 6 rings (SSSR count). The van der Waals surface area contributed by atoms with Crippen LogP contribution in [0.5, 0.6) is 5.75 Å². The van der Waals surface area contributed by atoms with Crippen LogP contribution in [0.3, 0.4) is 0 Å². The van der Waals surface area contributed by atoms with Crippen LogP contribution < -0.4 is 15.7 Å². The number of ether oxygens (including phenoxy) is 2. The molecule has 1 amide bonds. The molecule has 1 atom stereocenters. The molecule has 4 bridgehead atoms. The van der Waals surface area contributed by atoms with E-state index in [0.29, 0.717) is 40.0 Å². The number of carbonyl (C=O) groups is 2. The van der Waals surface area contributed by atoms with Gasteiger partial charge in [0, 0.05) is 29.4 Å². The second-order valence-electron chi connectivity index (χ2n) is 9.90. The average molecular weight is 440 g/mol. The van der Waals surface area contributed by atoms with Crippen molar-refractivity contribution in [3.63, 3.8) is 0 Å². The molecule has 1 N–H and O–H groups in total. The molecule has 4 aliphatic rings. The lowest BCUT2D eigenvalue weighted by Gasteiger charge is -2.55. The molecule has 7 heteroatoms. The first kappa shape index (κ1) is 21.0. The van der Waals surface area contributed by atoms with Crippen LogP contribution in [0.1, 0.15) is 44.1 Å². The predicted molar refractivity (Wildman–Crippen MR) is 117 cm³/mol. The largest absolute Gasteiger partial charge is 0.497 e. The van der Waals surface area contributed by atoms with Gasteiger partial charge in [0.05, 0.1) is 14.2 Å². The van der Waals surface area contributed by atoms with E-state index in [0.717, 1.165) is 19.3 Å². The minimum Gasteiger partial charge on any atom is -0.497 e. The van der Waals surface area contributed by atoms with Crippen molar-refractivity contribution in [3.8, 4) is 5.75 Å². The Bertz CT molecular complexity index is 1080. The van der Waals surface area contributed by atoms with Crippen molar-refractivity contribution in [1.29, 1.82) is 0 Å². The number of amides is 1. The summed E-state index contributed by atoms with van der Waals surface area (Å²) in [5.41, 5.74) is 0.117. The highest BCUT2D eigenvalue weighted by atomic mass is 16.5. The van der Waals surface area contributed by atoms with Crippen molar-refractivity contribution in [2.75, 3.05) is 14.2 Å². The van der Waals surface area contributed by atoms with Gasteiger partial charge in [-0.1, -0.05) is 0 Å². The SMILES string of the molecule is COC(=O)[C@@H](Cc1cc(=O)oc2cc(OC)ccc12)NC(=O)C12CC3CC(CC(C3)C1)C2. The zero-order valence-electron chi connectivity index (χ0n) is 18.5. The van der Waals surface area contributed by atoms with E-state index < -0.39 is 17.6 Å². The predicted octanol–water partition coefficient (Wildman–Crippen LogP) is 3.22. The maximum absolute atomic E-state index is 13.5. The molecule has 0 radical (unpaired) electrons. The highest BCUT2D eigenvalue weighted by Crippen LogP contribution is 2.60. The first-order valence-electron chi connectivity index (χ1n) is 11.4. The van der Waals surface area contributed by atoms with Gasteiger partial charge in [-0.15, -0.1) is 0 Å². The van der Waals surface area contributed by atoms with Gasteiger partial charge in [-0.25, -0.2) is 9.59 Å². The summed E-state index contributed by atoms with van der Waals surface area (Å²) < 4.78 is 15.5. The molecule has 0 aliphatic heterocycles. The van der Waals surface area contributed by atoms with E-state index in [9.17, 15) is 14.4 Å². The van der Waals surface area contributed by atoms with Crippen molar-refractivity contribution in [2.45, 2.75) is 51.0 Å². The van der Waals surface area contributed by atoms with Gasteiger partial charge in [0.2, 0.25) is 5.91 Å². The van der Waals surface area contributed by atoms with Gasteiger partial charge in [-0.3, -0.25) is 4.79 Å². The monoisotopic (exact) mass is 439 g/mol. The molecule has 170 valence electrons. The zero-order valence-corrected chi connectivity index (χ0v) is 18.5. The Morgan fingerprint density at radius 2 is 1.75 bits per heavy atom. The van der Waals surface area contributed by atoms with Gasteiger partial charge in [0.1, 0.15) is 17.4 Å². The fraction of sp³-hybridized carbons (Fsp3) is 0.560. The highest BCUT2D eigenvalue weighted by Gasteiger charge is 2.55. The summed E-state index contributed by atoms with van der Waals surface area (Å²) in [6.07, 6.45) is 6.61. The lowest BCUT2D eigenvalue weighted by molar-refractivity contribution is -0.152. The molecule has 1 heterocycles. The summed E-state index contributed by atoms with van der Waals surface area (Å²) in [6, 6.07) is 5.71. The minimum atomic E-state index is -0.868. The molecular weight excluding hydrogens is 410 g/mol. The third-order valence-electron chi connectivity index (χ3n) is 7.77. The van der Waals surface area contributed by atoms with E-state index in [1.54, 1.807) is 18.2 Å². The molecular formula is C25H29NO6. The standard InChI is InChI=1S/C25H29NO6/c1-30-18-3-4-19-17(9-22(27)32-21(19)10-18)8-20(23(28)31-2)26-24(29)25-11-14-5-15(12-25)7-16(6-14)13-25/h3-4,9-10,14-16,20H,5-8,11-13H2,1-2H3,(H,26,29)/t14?,15?,16?,20-,25?/m1/s1. The number of hydrogen-bond acceptors (Lipinski definition) is 6. The fourth-order valence-electron chi connectivity index (χ4n) is 6.76. The smallest absolute Gasteiger partial charge is 0.336 e. The molecule has 0 spiro atoms. The van der Waals surface area contributed by atoms with Crippen LogP contribution >= 0.6 is 0 Å². The second kappa shape index (κ2) is 7.94. The van der Waals surface area contributed by atoms with Crippen LogP contribution in [0.2, 0.25) is 0 Å². The van der Waals surface area contributed by atoms with Gasteiger partial charge in [-0.2, -0.15) is 0 Å². The number of carbonyl (C=O) groups excluding carboxylic acids is 2. The van der Waals surface area contributed by atoms with Gasteiger partial charge in [-0.05, 0) is 74.0 Å². The number of rotatable bonds is 6. The Balaban J connectivity index is 1.42. The topological polar surface area (TPSA) is 94.8 Å². The Morgan fingerprint density at radius 1 is 1.09 bits per heavy atom. The van der Waals surface area contributed by atoms with Crippen molar-refractivity contribution in [1.82, 2.24) is 5.32 Å². The molecule has 4 saturated carbocycles. The van der Waals surface area contributed by atoms with E-state index in [1.807, 2.05) is 0 Å². The quantitative estimate of drug-likeness (QED) is 0.549. The molecule has 1 aromatic carbocycles. The molecule has 32 heavy (non-hydrogen) atoms. The summed E-state index contributed by atoms with van der Waals surface area (Å²) in [6.45, 7) is 0. The first-order valence-corrected chi connectivity index (χ1v) is 11.4. The average Bonchev–Trinajstić information content (AvgIpc) is 2.76. The third kappa shape index (κ3) is 3.67. The second-order valence-corrected chi connectivity index (χ2v) is 9.90. The summed E-state index contributed by atoms with van der Waals surface area (Å²) in [5.74, 6) is 1.89. The van der Waals surface area contributed by atoms with E-state index in [-0.39, 0.29) is 17.7 Å². The third-order valence-corrected chi connectivity index (χ3v) is 7.77. The minimum absolute atomic E-state index is 0.0408. The lowest BCUT2D eigenvalue weighted by atomic mass is 9.49. The van der Waals surface area contributed by atoms with Crippen LogP contribution in [0, 0.1) is 23.2 Å². The van der Waals surface area contributed by atoms with Gasteiger partial charge >= 0.3 is 11.6 Å². The fourth-order valence-corrected chi connectivity index (χ4v) is 6.76. The molecule has 2 aromatic rings. The summed E-state index contributed by atoms with van der Waals surface area (Å²) >= 11 is 0. The highest BCUT2D eigenvalue weighted by molar-refractivity contribution is 5.89. The van der Waals surface area contributed by atoms with Crippen molar-refractivity contribution >= 4 is 22.8 Å². The number of fused-ring (bicyclic) bond motifs is 1. The first-order chi connectivity index (χ1) is 15.4. The number of hydrogen-bond donors (Lipinski definition) is 1. The number of esters is 1. The van der Waals surface area contributed by atoms with E-state index in [1.165, 1.54) is 39.5 Å². The van der Waals surface area contributed by atoms with E-state index in [2.05, 4.69) is 5.32 Å². The van der Waals surface area contributed by atoms with Crippen molar-refractivity contribution in [3.05, 3.63) is 40.2 Å². The van der Waals surface area contributed by atoms with Crippen LogP contribution in [0.25, 0.3) is 11.0 Å². The van der Waals surface area contributed by atoms with Crippen LogP contribution in [0.4, 0.5) is 0 Å². The van der Waals surface area contributed by atoms with E-state index in [4.69, 9.17) is 13.9 Å². The van der Waals surface area contributed by atoms with Crippen LogP contribution in [0.15, 0.2) is 33.5 Å². The van der Waals surface area contributed by atoms with Crippen molar-refractivity contribution in [2.24, 2.45) is 23.2 Å². The molecule has 0 unspecified atom stereocenters. The number of methoxy groups -OCH3 is 2. The lowest BCUT2D eigenvalue weighted by Crippen LogP contribution is -2.56. The van der Waals surface area contributed by atoms with Gasteiger partial charge in [0.25, 0.3) is 0 Å². The van der Waals surface area contributed by atoms with Crippen LogP contribution in [-0.4, -0.2) is 32.1 Å². The number of nitrogens with one attached hydrogen (secondary N) is 1. The maximum atomic E-state index is 13.5. The summed E-state index contributed by atoms with van der Waals surface area (Å²) in [5, 5.41) is 3.71. The zero-order chi connectivity index (χ0) is 22.5. The molecule has 7 nitrogen and oxygen atoms in total. The molecule has 1 aromatic heterocycles. The van der Waals surface area contributed by atoms with Gasteiger partial charge in [0.15, 0.2) is 0 Å². The number of benzene rings is 1. The Hall–Kier alpha value is -2.83. The molecule has 4 aliphatic carbocycles. The molecule has 4 fully saturated rings. The Morgan fingerprint density at radius 3 is 2.34 bits per heavy atom. The normalized spacial score (nSPS) is 29.0. The van der Waals surface area contributed by atoms with E-state index >= 15 is 0 Å². The maximum Gasteiger partial charge on any atom is 0.336 e. The summed E-state index contributed by atoms with van der Waals surface area (Å²) in [4.78, 5) is 38.3. The van der Waals surface area contributed by atoms with Gasteiger partial charge < -0.3 is 19.2 Å². The Labute approximate surface area is 186 Å². The Kier molecular flexibility index (Phi) is 5.22. The summed E-state index contributed by atoms with van der Waals surface area (Å²) in [7, 11) is 2.85. The van der Waals surface area contributed by atoms with Crippen LogP contribution in [-0.2, 0) is 20.7 Å². The molecule has 0 saturated heterocycles. The van der Waals surface area contributed by atoms with Crippen molar-refractivity contribution < 1.29 is 23.5 Å².